The number of rotatable bonds is 5. The van der Waals surface area contributed by atoms with Gasteiger partial charge < -0.3 is 4.74 Å². The molecule has 4 heterocycles. The molecule has 0 N–H and O–H groups in total. The minimum absolute atomic E-state index is 0.109. The topological polar surface area (TPSA) is 100 Å². The summed E-state index contributed by atoms with van der Waals surface area (Å²) in [5, 5.41) is 9.26. The van der Waals surface area contributed by atoms with Gasteiger partial charge >= 0.3 is 17.9 Å². The molecule has 0 atom stereocenters. The lowest BCUT2D eigenvalue weighted by Crippen LogP contribution is -2.23. The second-order valence-corrected chi connectivity index (χ2v) is 8.06. The van der Waals surface area contributed by atoms with Gasteiger partial charge in [0.25, 0.3) is 0 Å². The maximum atomic E-state index is 13.1. The van der Waals surface area contributed by atoms with E-state index < -0.39 is 17.6 Å². The molecule has 4 aromatic heterocycles. The Balaban J connectivity index is 1.65. The van der Waals surface area contributed by atoms with Crippen molar-refractivity contribution in [3.05, 3.63) is 87.9 Å². The van der Waals surface area contributed by atoms with E-state index >= 15 is 0 Å². The summed E-state index contributed by atoms with van der Waals surface area (Å²) in [6.45, 7) is -0.109. The van der Waals surface area contributed by atoms with Crippen molar-refractivity contribution in [1.82, 2.24) is 34.3 Å². The summed E-state index contributed by atoms with van der Waals surface area (Å²) >= 11 is 6.04. The number of aromatic nitrogens is 7. The molecule has 0 saturated heterocycles. The third-order valence-corrected chi connectivity index (χ3v) is 5.57. The van der Waals surface area contributed by atoms with Crippen molar-refractivity contribution in [2.75, 3.05) is 7.11 Å². The lowest BCUT2D eigenvalue weighted by molar-refractivity contribution is -0.141. The maximum Gasteiger partial charge on any atom is 0.433 e. The Morgan fingerprint density at radius 1 is 0.944 bits per heavy atom. The fourth-order valence-corrected chi connectivity index (χ4v) is 3.73. The molecule has 0 unspecified atom stereocenters. The fraction of sp³-hybridized carbons (Fsp3) is 0.130. The van der Waals surface area contributed by atoms with Gasteiger partial charge in [0.2, 0.25) is 0 Å². The molecule has 1 aromatic carbocycles. The zero-order valence-electron chi connectivity index (χ0n) is 18.4. The van der Waals surface area contributed by atoms with Crippen molar-refractivity contribution in [2.24, 2.45) is 0 Å². The van der Waals surface area contributed by atoms with Crippen LogP contribution >= 0.6 is 11.6 Å². The zero-order valence-corrected chi connectivity index (χ0v) is 19.2. The Morgan fingerprint density at radius 2 is 1.67 bits per heavy atom. The molecule has 5 aromatic rings. The predicted octanol–water partition coefficient (Wildman–Crippen LogP) is 4.14. The summed E-state index contributed by atoms with van der Waals surface area (Å²) in [7, 11) is 1.44. The number of nitrogens with zero attached hydrogens (tertiary/aromatic N) is 7. The Hall–Kier alpha value is -4.32. The summed E-state index contributed by atoms with van der Waals surface area (Å²) in [6, 6.07) is 9.30. The van der Waals surface area contributed by atoms with Crippen LogP contribution in [-0.2, 0) is 12.7 Å². The average molecular weight is 514 g/mol. The van der Waals surface area contributed by atoms with E-state index in [0.717, 1.165) is 27.0 Å². The van der Waals surface area contributed by atoms with Gasteiger partial charge in [0.05, 0.1) is 19.9 Å². The van der Waals surface area contributed by atoms with Gasteiger partial charge in [-0.05, 0) is 29.3 Å². The minimum atomic E-state index is -4.56. The smallest absolute Gasteiger partial charge is 0.433 e. The fourth-order valence-electron chi connectivity index (χ4n) is 3.61. The number of benzene rings is 1. The summed E-state index contributed by atoms with van der Waals surface area (Å²) < 4.78 is 45.8. The van der Waals surface area contributed by atoms with Crippen molar-refractivity contribution >= 4 is 17.2 Å². The number of alkyl halides is 3. The van der Waals surface area contributed by atoms with Crippen molar-refractivity contribution < 1.29 is 17.9 Å². The summed E-state index contributed by atoms with van der Waals surface area (Å²) in [5.74, 6) is 0. The number of ether oxygens (including phenoxy) is 1. The van der Waals surface area contributed by atoms with Crippen LogP contribution in [0.2, 0.25) is 5.02 Å². The minimum Gasteiger partial charge on any atom is -0.467 e. The van der Waals surface area contributed by atoms with E-state index in [-0.39, 0.29) is 18.2 Å². The molecule has 0 amide bonds. The van der Waals surface area contributed by atoms with Gasteiger partial charge in [-0.2, -0.15) is 22.8 Å². The Bertz CT molecular complexity index is 1600. The van der Waals surface area contributed by atoms with Crippen LogP contribution in [0.4, 0.5) is 13.2 Å². The highest BCUT2D eigenvalue weighted by atomic mass is 35.5. The van der Waals surface area contributed by atoms with Gasteiger partial charge in [0.1, 0.15) is 5.69 Å². The predicted molar refractivity (Wildman–Crippen MR) is 124 cm³/mol. The number of methoxy groups -OCH3 is 1. The van der Waals surface area contributed by atoms with Crippen LogP contribution < -0.4 is 10.4 Å². The van der Waals surface area contributed by atoms with Crippen LogP contribution in [0.15, 0.2) is 66.0 Å². The Kier molecular flexibility index (Phi) is 5.88. The first-order chi connectivity index (χ1) is 17.2. The van der Waals surface area contributed by atoms with Crippen molar-refractivity contribution in [1.29, 1.82) is 0 Å². The van der Waals surface area contributed by atoms with E-state index in [0.29, 0.717) is 27.3 Å². The second-order valence-electron chi connectivity index (χ2n) is 7.62. The molecule has 5 rings (SSSR count). The maximum absolute atomic E-state index is 13.1. The highest BCUT2D eigenvalue weighted by Gasteiger charge is 2.32. The van der Waals surface area contributed by atoms with Crippen LogP contribution in [0, 0.1) is 0 Å². The molecule has 0 fully saturated rings. The largest absolute Gasteiger partial charge is 0.467 e. The molecule has 182 valence electrons. The number of fused-ring (bicyclic) bond motifs is 1. The SMILES string of the molecule is COc1ncc(-c2c(-c3ccc(Cl)cc3)cnn3c(=O)n(Cc4ccc(C(F)(F)F)nc4)nc23)cn1. The lowest BCUT2D eigenvalue weighted by Gasteiger charge is -2.10. The van der Waals surface area contributed by atoms with E-state index in [2.05, 4.69) is 25.1 Å². The second kappa shape index (κ2) is 9.04. The summed E-state index contributed by atoms with van der Waals surface area (Å²) in [6.07, 6.45) is 1.08. The zero-order chi connectivity index (χ0) is 25.4. The first-order valence-corrected chi connectivity index (χ1v) is 10.8. The lowest BCUT2D eigenvalue weighted by atomic mass is 9.99. The molecular weight excluding hydrogens is 499 g/mol. The summed E-state index contributed by atoms with van der Waals surface area (Å²) in [4.78, 5) is 24.8. The number of hydrogen-bond acceptors (Lipinski definition) is 7. The van der Waals surface area contributed by atoms with Crippen molar-refractivity contribution in [3.63, 3.8) is 0 Å². The molecule has 0 aliphatic carbocycles. The number of pyridine rings is 1. The van der Waals surface area contributed by atoms with Crippen LogP contribution in [0.5, 0.6) is 6.01 Å². The van der Waals surface area contributed by atoms with E-state index in [1.165, 1.54) is 31.8 Å². The first kappa shape index (κ1) is 23.4. The van der Waals surface area contributed by atoms with Gasteiger partial charge in [0.15, 0.2) is 5.65 Å². The van der Waals surface area contributed by atoms with Gasteiger partial charge in [-0.1, -0.05) is 29.8 Å². The average Bonchev–Trinajstić information content (AvgIpc) is 3.19. The van der Waals surface area contributed by atoms with E-state index in [1.807, 2.05) is 0 Å². The third-order valence-electron chi connectivity index (χ3n) is 5.32. The normalized spacial score (nSPS) is 11.7. The number of halogens is 4. The summed E-state index contributed by atoms with van der Waals surface area (Å²) in [5.41, 5.74) is 1.43. The van der Waals surface area contributed by atoms with Gasteiger partial charge in [0, 0.05) is 40.3 Å². The van der Waals surface area contributed by atoms with Crippen molar-refractivity contribution in [2.45, 2.75) is 12.7 Å². The molecule has 36 heavy (non-hydrogen) atoms. The van der Waals surface area contributed by atoms with Crippen LogP contribution in [0.3, 0.4) is 0 Å². The van der Waals surface area contributed by atoms with Crippen molar-refractivity contribution in [3.8, 4) is 28.3 Å². The Morgan fingerprint density at radius 3 is 2.28 bits per heavy atom. The molecule has 0 saturated carbocycles. The first-order valence-electron chi connectivity index (χ1n) is 10.4. The number of hydrogen-bond donors (Lipinski definition) is 0. The molecule has 0 spiro atoms. The monoisotopic (exact) mass is 513 g/mol. The van der Waals surface area contributed by atoms with Gasteiger partial charge in [-0.3, -0.25) is 4.98 Å². The van der Waals surface area contributed by atoms with E-state index in [9.17, 15) is 18.0 Å². The molecule has 0 aliphatic heterocycles. The van der Waals surface area contributed by atoms with Crippen LogP contribution in [0.1, 0.15) is 11.3 Å². The van der Waals surface area contributed by atoms with Crippen LogP contribution in [-0.4, -0.2) is 41.5 Å². The molecule has 0 aliphatic rings. The van der Waals surface area contributed by atoms with Gasteiger partial charge in [-0.25, -0.2) is 19.4 Å². The highest BCUT2D eigenvalue weighted by molar-refractivity contribution is 6.30. The molecule has 9 nitrogen and oxygen atoms in total. The third kappa shape index (κ3) is 4.38. The molecule has 0 radical (unpaired) electrons. The molecule has 0 bridgehead atoms. The quantitative estimate of drug-likeness (QED) is 0.348. The van der Waals surface area contributed by atoms with E-state index in [1.54, 1.807) is 24.3 Å². The Labute approximate surface area is 205 Å². The van der Waals surface area contributed by atoms with Crippen LogP contribution in [0.25, 0.3) is 27.9 Å². The van der Waals surface area contributed by atoms with E-state index in [4.69, 9.17) is 16.3 Å². The standard InChI is InChI=1S/C23H15ClF3N7O2/c1-36-21-29-9-15(10-30-21)19-17(14-3-5-16(24)6-4-14)11-31-34-20(19)32-33(22(34)35)12-13-2-7-18(28-8-13)23(25,26)27/h2-11H,12H2,1H3. The highest BCUT2D eigenvalue weighted by Crippen LogP contribution is 2.34. The molecule has 13 heteroatoms. The van der Waals surface area contributed by atoms with Gasteiger partial charge in [-0.15, -0.1) is 5.10 Å². The molecular formula is C23H15ClF3N7O2.